The SMILES string of the molecule is C[C@H](CCCC1(C)NC1Cl)[C@H]1CC[C@H]2[C@@H]3CCC4CCCC[C@]4(C)[C@H]3CC[C@]12C. The van der Waals surface area contributed by atoms with Gasteiger partial charge in [-0.1, -0.05) is 46.5 Å². The molecule has 3 unspecified atom stereocenters. The molecular weight excluding hydrogens is 374 g/mol. The minimum absolute atomic E-state index is 0.220. The molecule has 166 valence electrons. The Morgan fingerprint density at radius 3 is 2.41 bits per heavy atom. The third-order valence-corrected chi connectivity index (χ3v) is 12.2. The van der Waals surface area contributed by atoms with Crippen LogP contribution in [0.1, 0.15) is 111 Å². The summed E-state index contributed by atoms with van der Waals surface area (Å²) in [5.74, 6) is 6.05. The third-order valence-electron chi connectivity index (χ3n) is 11.6. The summed E-state index contributed by atoms with van der Waals surface area (Å²) >= 11 is 6.26. The van der Waals surface area contributed by atoms with Crippen molar-refractivity contribution in [3.05, 3.63) is 0 Å². The Balaban J connectivity index is 1.25. The van der Waals surface area contributed by atoms with Gasteiger partial charge in [0.05, 0.1) is 0 Å². The van der Waals surface area contributed by atoms with Gasteiger partial charge in [-0.2, -0.15) is 0 Å². The quantitative estimate of drug-likeness (QED) is 0.274. The molecule has 5 fully saturated rings. The van der Waals surface area contributed by atoms with Gasteiger partial charge in [-0.25, -0.2) is 0 Å². The highest BCUT2D eigenvalue weighted by Crippen LogP contribution is 2.68. The van der Waals surface area contributed by atoms with Gasteiger partial charge in [-0.15, -0.1) is 11.6 Å². The fourth-order valence-corrected chi connectivity index (χ4v) is 10.1. The Morgan fingerprint density at radius 1 is 0.897 bits per heavy atom. The van der Waals surface area contributed by atoms with Crippen molar-refractivity contribution >= 4 is 11.6 Å². The van der Waals surface area contributed by atoms with Gasteiger partial charge in [0.1, 0.15) is 5.50 Å². The molecule has 1 nitrogen and oxygen atoms in total. The molecular formula is C27H46ClN. The lowest BCUT2D eigenvalue weighted by molar-refractivity contribution is -0.114. The van der Waals surface area contributed by atoms with Gasteiger partial charge in [0.25, 0.3) is 0 Å². The van der Waals surface area contributed by atoms with Crippen LogP contribution in [0.5, 0.6) is 0 Å². The second-order valence-electron chi connectivity index (χ2n) is 12.9. The van der Waals surface area contributed by atoms with Gasteiger partial charge in [0.2, 0.25) is 0 Å². The number of nitrogens with one attached hydrogen (secondary N) is 1. The van der Waals surface area contributed by atoms with Gasteiger partial charge in [-0.3, -0.25) is 5.32 Å². The lowest BCUT2D eigenvalue weighted by Gasteiger charge is -2.61. The van der Waals surface area contributed by atoms with Crippen LogP contribution in [0.3, 0.4) is 0 Å². The van der Waals surface area contributed by atoms with Crippen LogP contribution in [-0.4, -0.2) is 11.0 Å². The molecule has 0 amide bonds. The first kappa shape index (κ1) is 21.1. The van der Waals surface area contributed by atoms with Crippen LogP contribution in [0, 0.1) is 46.3 Å². The maximum atomic E-state index is 6.26. The monoisotopic (exact) mass is 419 g/mol. The summed E-state index contributed by atoms with van der Waals surface area (Å²) in [6, 6.07) is 0. The molecule has 2 heteroatoms. The molecule has 0 aromatic heterocycles. The fraction of sp³-hybridized carbons (Fsp3) is 1.00. The first-order valence-corrected chi connectivity index (χ1v) is 13.6. The van der Waals surface area contributed by atoms with Crippen LogP contribution >= 0.6 is 11.6 Å². The Hall–Kier alpha value is 0.250. The molecule has 0 spiro atoms. The molecule has 0 bridgehead atoms. The van der Waals surface area contributed by atoms with Crippen LogP contribution in [0.25, 0.3) is 0 Å². The maximum Gasteiger partial charge on any atom is 0.101 e. The molecule has 10 atom stereocenters. The van der Waals surface area contributed by atoms with E-state index in [9.17, 15) is 0 Å². The summed E-state index contributed by atoms with van der Waals surface area (Å²) in [7, 11) is 0. The molecule has 1 N–H and O–H groups in total. The van der Waals surface area contributed by atoms with Crippen molar-refractivity contribution in [3.63, 3.8) is 0 Å². The van der Waals surface area contributed by atoms with Crippen LogP contribution < -0.4 is 5.32 Å². The Labute approximate surface area is 185 Å². The summed E-state index contributed by atoms with van der Waals surface area (Å²) in [5.41, 5.74) is 1.78. The number of hydrogen-bond donors (Lipinski definition) is 1. The fourth-order valence-electron chi connectivity index (χ4n) is 9.71. The van der Waals surface area contributed by atoms with E-state index < -0.39 is 0 Å². The minimum Gasteiger partial charge on any atom is -0.292 e. The topological polar surface area (TPSA) is 21.9 Å². The Morgan fingerprint density at radius 2 is 1.66 bits per heavy atom. The van der Waals surface area contributed by atoms with E-state index in [2.05, 4.69) is 33.0 Å². The summed E-state index contributed by atoms with van der Waals surface area (Å²) in [4.78, 5) is 0. The van der Waals surface area contributed by atoms with Crippen molar-refractivity contribution in [2.75, 3.05) is 0 Å². The summed E-state index contributed by atoms with van der Waals surface area (Å²) in [5, 5.41) is 3.43. The Bertz CT molecular complexity index is 620. The van der Waals surface area contributed by atoms with E-state index in [1.165, 1.54) is 64.2 Å². The van der Waals surface area contributed by atoms with Crippen molar-refractivity contribution in [3.8, 4) is 0 Å². The van der Waals surface area contributed by atoms with Gasteiger partial charge in [0.15, 0.2) is 0 Å². The van der Waals surface area contributed by atoms with Crippen LogP contribution in [0.4, 0.5) is 0 Å². The molecule has 4 aliphatic carbocycles. The van der Waals surface area contributed by atoms with Gasteiger partial charge < -0.3 is 0 Å². The van der Waals surface area contributed by atoms with Crippen LogP contribution in [0.15, 0.2) is 0 Å². The Kier molecular flexibility index (Phi) is 5.39. The molecule has 1 heterocycles. The molecule has 1 saturated heterocycles. The van der Waals surface area contributed by atoms with E-state index in [0.29, 0.717) is 10.8 Å². The van der Waals surface area contributed by atoms with Crippen molar-refractivity contribution in [2.45, 2.75) is 122 Å². The van der Waals surface area contributed by atoms with E-state index in [-0.39, 0.29) is 11.0 Å². The zero-order valence-corrected chi connectivity index (χ0v) is 20.4. The van der Waals surface area contributed by atoms with Gasteiger partial charge >= 0.3 is 0 Å². The van der Waals surface area contributed by atoms with E-state index in [1.54, 1.807) is 19.3 Å². The number of halogens is 1. The lowest BCUT2D eigenvalue weighted by atomic mass is 9.44. The zero-order valence-electron chi connectivity index (χ0n) is 19.6. The summed E-state index contributed by atoms with van der Waals surface area (Å²) in [6.07, 6.45) is 19.3. The van der Waals surface area contributed by atoms with Crippen molar-refractivity contribution in [2.24, 2.45) is 46.3 Å². The molecule has 0 aromatic carbocycles. The number of alkyl halides is 1. The summed E-state index contributed by atoms with van der Waals surface area (Å²) < 4.78 is 0. The predicted octanol–water partition coefficient (Wildman–Crippen LogP) is 7.77. The lowest BCUT2D eigenvalue weighted by Crippen LogP contribution is -2.53. The number of hydrogen-bond acceptors (Lipinski definition) is 1. The molecule has 5 rings (SSSR count). The van der Waals surface area contributed by atoms with Crippen molar-refractivity contribution in [1.82, 2.24) is 5.32 Å². The molecule has 0 radical (unpaired) electrons. The molecule has 29 heavy (non-hydrogen) atoms. The highest BCUT2D eigenvalue weighted by molar-refractivity contribution is 6.23. The number of rotatable bonds is 5. The van der Waals surface area contributed by atoms with E-state index in [0.717, 1.165) is 35.5 Å². The van der Waals surface area contributed by atoms with E-state index in [4.69, 9.17) is 11.6 Å². The number of fused-ring (bicyclic) bond motifs is 5. The first-order chi connectivity index (χ1) is 13.8. The molecule has 1 aliphatic heterocycles. The highest BCUT2D eigenvalue weighted by atomic mass is 35.5. The molecule has 5 aliphatic rings. The normalized spacial score (nSPS) is 54.9. The van der Waals surface area contributed by atoms with E-state index in [1.807, 2.05) is 0 Å². The third kappa shape index (κ3) is 3.35. The van der Waals surface area contributed by atoms with Crippen LogP contribution in [0.2, 0.25) is 0 Å². The maximum absolute atomic E-state index is 6.26. The van der Waals surface area contributed by atoms with Gasteiger partial charge in [0, 0.05) is 5.54 Å². The van der Waals surface area contributed by atoms with Crippen LogP contribution in [-0.2, 0) is 0 Å². The zero-order chi connectivity index (χ0) is 20.4. The van der Waals surface area contributed by atoms with Crippen molar-refractivity contribution in [1.29, 1.82) is 0 Å². The standard InChI is InChI=1S/C27H46ClN/c1-18(8-7-16-27(4)24(28)29-27)21-12-13-22-20-11-10-19-9-5-6-15-25(19,2)23(20)14-17-26(21,22)3/h18-24,29H,5-17H2,1-4H3/t18-,19?,20+,21-,22+,23+,24?,25+,26-,27?/m1/s1. The largest absolute Gasteiger partial charge is 0.292 e. The smallest absolute Gasteiger partial charge is 0.101 e. The average Bonchev–Trinajstić information content (AvgIpc) is 3.11. The minimum atomic E-state index is 0.220. The second kappa shape index (κ2) is 7.40. The average molecular weight is 420 g/mol. The first-order valence-electron chi connectivity index (χ1n) is 13.2. The summed E-state index contributed by atoms with van der Waals surface area (Å²) in [6.45, 7) is 10.3. The second-order valence-corrected chi connectivity index (χ2v) is 13.4. The predicted molar refractivity (Wildman–Crippen MR) is 124 cm³/mol. The van der Waals surface area contributed by atoms with Gasteiger partial charge in [-0.05, 0) is 111 Å². The molecule has 0 aromatic rings. The van der Waals surface area contributed by atoms with E-state index >= 15 is 0 Å². The molecule has 4 saturated carbocycles. The highest BCUT2D eigenvalue weighted by Gasteiger charge is 2.60. The van der Waals surface area contributed by atoms with Crippen molar-refractivity contribution < 1.29 is 0 Å².